The van der Waals surface area contributed by atoms with Gasteiger partial charge in [-0.2, -0.15) is 52.3 Å². The van der Waals surface area contributed by atoms with Crippen LogP contribution in [0.3, 0.4) is 0 Å². The highest BCUT2D eigenvalue weighted by Crippen LogP contribution is 2.51. The molecule has 0 saturated heterocycles. The second-order valence-electron chi connectivity index (χ2n) is 17.3. The number of nitrogen functional groups attached to an aromatic ring is 1. The number of hydrogen-bond acceptors (Lipinski definition) is 26. The first-order chi connectivity index (χ1) is 39.8. The highest BCUT2D eigenvalue weighted by atomic mass is 32.2. The number of carboxylic acid groups (broad SMARTS) is 4. The maximum atomic E-state index is 13.1. The van der Waals surface area contributed by atoms with Gasteiger partial charge in [0.05, 0.1) is 66.8 Å². The van der Waals surface area contributed by atoms with E-state index in [4.69, 9.17) is 5.73 Å². The van der Waals surface area contributed by atoms with Crippen molar-refractivity contribution >= 4 is 158 Å². The van der Waals surface area contributed by atoms with Crippen LogP contribution in [0.2, 0.25) is 0 Å². The number of rotatable bonds is 17. The number of carboxylic acids is 4. The molecule has 8 aromatic carbocycles. The molecule has 0 atom stereocenters. The fourth-order valence-corrected chi connectivity index (χ4v) is 11.4. The summed E-state index contributed by atoms with van der Waals surface area (Å²) in [7, 11) is -27.7. The molecular weight excluding hydrogens is 1250 g/mol. The van der Waals surface area contributed by atoms with Crippen LogP contribution in [0.5, 0.6) is 17.2 Å². The van der Waals surface area contributed by atoms with Gasteiger partial charge >= 0.3 is 23.9 Å². The van der Waals surface area contributed by atoms with Gasteiger partial charge in [0.1, 0.15) is 41.5 Å². The Balaban J connectivity index is 1.33. The lowest BCUT2D eigenvalue weighted by molar-refractivity contribution is 0.0676. The van der Waals surface area contributed by atoms with Gasteiger partial charge in [0.25, 0.3) is 50.6 Å². The second kappa shape index (κ2) is 22.0. The number of carbonyl (C=O) groups is 4. The van der Waals surface area contributed by atoms with Crippen LogP contribution in [0, 0.1) is 0 Å². The zero-order chi connectivity index (χ0) is 63.7. The van der Waals surface area contributed by atoms with Gasteiger partial charge < -0.3 is 41.5 Å². The monoisotopic (exact) mass is 1280 g/mol. The van der Waals surface area contributed by atoms with Crippen LogP contribution in [-0.2, 0) is 50.6 Å². The van der Waals surface area contributed by atoms with Crippen molar-refractivity contribution in [3.05, 3.63) is 113 Å². The van der Waals surface area contributed by atoms with Gasteiger partial charge in [0, 0.05) is 21.8 Å². The maximum absolute atomic E-state index is 13.1. The van der Waals surface area contributed by atoms with Crippen molar-refractivity contribution in [2.45, 2.75) is 24.5 Å². The molecule has 0 fully saturated rings. The Morgan fingerprint density at radius 1 is 0.326 bits per heavy atom. The number of nitrogens with two attached hydrogens (primary N) is 1. The Kier molecular flexibility index (Phi) is 15.7. The molecule has 0 amide bonds. The molecule has 0 unspecified atom stereocenters. The largest absolute Gasteiger partial charge is 0.505 e. The van der Waals surface area contributed by atoms with Crippen LogP contribution in [0.15, 0.2) is 156 Å². The Bertz CT molecular complexity index is 5090. The minimum Gasteiger partial charge on any atom is -0.505 e. The molecule has 0 aromatic heterocycles. The maximum Gasteiger partial charge on any atom is 0.335 e. The van der Waals surface area contributed by atoms with E-state index < -0.39 is 222 Å². The molecule has 0 aliphatic carbocycles. The van der Waals surface area contributed by atoms with Crippen LogP contribution in [0.4, 0.5) is 51.2 Å². The lowest BCUT2D eigenvalue weighted by Crippen LogP contribution is -2.03. The van der Waals surface area contributed by atoms with E-state index >= 15 is 0 Å². The highest BCUT2D eigenvalue weighted by molar-refractivity contribution is 7.87. The molecule has 0 saturated carbocycles. The van der Waals surface area contributed by atoms with Crippen molar-refractivity contribution in [1.29, 1.82) is 0 Å². The fourth-order valence-electron chi connectivity index (χ4n) is 8.14. The Labute approximate surface area is 477 Å². The summed E-state index contributed by atoms with van der Waals surface area (Å²) >= 11 is 0. The van der Waals surface area contributed by atoms with E-state index in [2.05, 4.69) is 40.9 Å². The summed E-state index contributed by atoms with van der Waals surface area (Å²) in [5, 5.41) is 97.8. The number of benzene rings is 8. The van der Waals surface area contributed by atoms with Crippen LogP contribution in [-0.4, -0.2) is 124 Å². The van der Waals surface area contributed by atoms with Crippen LogP contribution < -0.4 is 5.73 Å². The van der Waals surface area contributed by atoms with Crippen molar-refractivity contribution in [1.82, 2.24) is 0 Å². The summed E-state index contributed by atoms with van der Waals surface area (Å²) in [5.74, 6) is -10.9. The van der Waals surface area contributed by atoms with Crippen LogP contribution in [0.25, 0.3) is 32.3 Å². The summed E-state index contributed by atoms with van der Waals surface area (Å²) in [4.78, 5) is 40.3. The minimum absolute atomic E-state index is 0.310. The number of phenolic OH excluding ortho intramolecular Hbond substituents is 3. The van der Waals surface area contributed by atoms with E-state index in [1.807, 2.05) is 0 Å². The summed E-state index contributed by atoms with van der Waals surface area (Å²) in [6.07, 6.45) is 0. The minimum atomic E-state index is -5.66. The molecule has 0 radical (unpaired) electrons. The molecule has 8 aromatic rings. The third-order valence-corrected chi connectivity index (χ3v) is 16.2. The van der Waals surface area contributed by atoms with E-state index in [1.165, 1.54) is 0 Å². The molecule has 35 nitrogen and oxygen atoms in total. The molecule has 0 heterocycles. The van der Waals surface area contributed by atoms with Gasteiger partial charge in [-0.15, -0.1) is 30.7 Å². The second-order valence-corrected chi connectivity index (χ2v) is 24.2. The molecule has 14 N–H and O–H groups in total. The van der Waals surface area contributed by atoms with E-state index in [-0.39, 0.29) is 0 Å². The van der Waals surface area contributed by atoms with Crippen molar-refractivity contribution < 1.29 is 120 Å². The van der Waals surface area contributed by atoms with Gasteiger partial charge in [-0.25, -0.2) is 19.2 Å². The summed E-state index contributed by atoms with van der Waals surface area (Å²) < 4.78 is 179. The molecule has 0 aliphatic heterocycles. The van der Waals surface area contributed by atoms with Gasteiger partial charge in [-0.05, 0) is 91.0 Å². The molecule has 444 valence electrons. The zero-order valence-electron chi connectivity index (χ0n) is 41.4. The molecule has 0 spiro atoms. The number of aromatic carboxylic acids is 4. The Morgan fingerprint density at radius 2 is 0.605 bits per heavy atom. The number of phenols is 3. The molecule has 0 bridgehead atoms. The van der Waals surface area contributed by atoms with Gasteiger partial charge in [0.2, 0.25) is 0 Å². The quantitative estimate of drug-likeness (QED) is 0.0230. The highest BCUT2D eigenvalue weighted by Gasteiger charge is 2.31. The summed E-state index contributed by atoms with van der Waals surface area (Å²) in [6.45, 7) is 0. The molecule has 40 heteroatoms. The normalized spacial score (nSPS) is 12.8. The first-order valence-corrected chi connectivity index (χ1v) is 29.5. The predicted octanol–water partition coefficient (Wildman–Crippen LogP) is 8.53. The first kappa shape index (κ1) is 61.6. The van der Waals surface area contributed by atoms with Crippen molar-refractivity contribution in [2.75, 3.05) is 5.73 Å². The number of nitrogens with zero attached hydrogens (tertiary/aromatic N) is 8. The SMILES string of the molecule is Nc1ccc(N=Nc2ccc(S(=O)(=O)O)c3cc(S(=O)(=O)O)c(N=Nc4cc(C(=O)O)cc(C(=O)O)c4)c(O)c23)c2cc(S(=O)(=O)O)c(N=Nc3ccc(S(=O)(=O)O)c4cc(S(=O)(=O)O)c(N=Nc5cc(C(=O)O)cc(C(=O)O)c5)c(O)c34)c(O)c12. The third-order valence-electron chi connectivity index (χ3n) is 11.8. The lowest BCUT2D eigenvalue weighted by Gasteiger charge is -2.14. The standard InChI is InChI=1S/C46H29N9O26S5/c47-25-1-2-26(50-51-27-3-5-29(82(67,68)69)23-14-32(85(76,77)78)38(41(57)35(23)27)53-48-20-9-16(43(59)60)7-17(10-20)44(61)62)22-13-31(84(73,74)75)37(40(56)34(22)25)55-52-28-4-6-30(83(70,71)72)24-15-33(86(79,80)81)39(42(58)36(24)28)54-49-21-11-18(45(63)64)8-19(12-21)46(65)66/h1-15,56-58H,47H2,(H,59,60)(H,61,62)(H,63,64)(H,65,66)(H,67,68,69)(H,70,71,72)(H,73,74,75)(H,76,77,78)(H,79,80,81). The van der Waals surface area contributed by atoms with E-state index in [0.717, 1.165) is 42.5 Å². The van der Waals surface area contributed by atoms with E-state index in [1.54, 1.807) is 0 Å². The van der Waals surface area contributed by atoms with Crippen molar-refractivity contribution in [3.63, 3.8) is 0 Å². The van der Waals surface area contributed by atoms with Gasteiger partial charge in [-0.1, -0.05) is 0 Å². The Hall–Kier alpha value is -10.4. The number of aromatic hydroxyl groups is 3. The molecular formula is C46H29N9O26S5. The van der Waals surface area contributed by atoms with Crippen LogP contribution in [0.1, 0.15) is 41.4 Å². The number of hydrogen-bond donors (Lipinski definition) is 13. The average Bonchev–Trinajstić information content (AvgIpc) is 1.41. The topological polar surface area (TPSA) is 607 Å². The summed E-state index contributed by atoms with van der Waals surface area (Å²) in [5.41, 5.74) is -4.04. The fraction of sp³-hybridized carbons (Fsp3) is 0. The molecule has 86 heavy (non-hydrogen) atoms. The van der Waals surface area contributed by atoms with Gasteiger partial charge in [0.15, 0.2) is 17.2 Å². The lowest BCUT2D eigenvalue weighted by atomic mass is 10.0. The van der Waals surface area contributed by atoms with Gasteiger partial charge in [-0.3, -0.25) is 22.8 Å². The summed E-state index contributed by atoms with van der Waals surface area (Å²) in [6, 6.07) is 10.1. The average molecular weight is 1280 g/mol. The molecule has 8 rings (SSSR count). The third kappa shape index (κ3) is 12.2. The first-order valence-electron chi connectivity index (χ1n) is 22.3. The number of anilines is 1. The van der Waals surface area contributed by atoms with Crippen molar-refractivity contribution in [2.24, 2.45) is 40.9 Å². The smallest absolute Gasteiger partial charge is 0.335 e. The van der Waals surface area contributed by atoms with Crippen molar-refractivity contribution in [3.8, 4) is 17.2 Å². The van der Waals surface area contributed by atoms with E-state index in [0.29, 0.717) is 48.5 Å². The number of fused-ring (bicyclic) bond motifs is 3. The van der Waals surface area contributed by atoms with E-state index in [9.17, 15) is 120 Å². The number of azo groups is 4. The Morgan fingerprint density at radius 3 is 0.930 bits per heavy atom. The molecule has 0 aliphatic rings. The zero-order valence-corrected chi connectivity index (χ0v) is 45.5. The predicted molar refractivity (Wildman–Crippen MR) is 288 cm³/mol. The van der Waals surface area contributed by atoms with Crippen LogP contribution >= 0.6 is 0 Å².